The van der Waals surface area contributed by atoms with Gasteiger partial charge in [-0.05, 0) is 0 Å². The molecule has 0 saturated carbocycles. The van der Waals surface area contributed by atoms with Crippen molar-refractivity contribution in [3.63, 3.8) is 0 Å². The second-order valence-electron chi connectivity index (χ2n) is 5.51. The summed E-state index contributed by atoms with van der Waals surface area (Å²) in [6, 6.07) is 0.714. The summed E-state index contributed by atoms with van der Waals surface area (Å²) in [4.78, 5) is 2.48. The van der Waals surface area contributed by atoms with Gasteiger partial charge in [-0.25, -0.2) is 0 Å². The zero-order valence-corrected chi connectivity index (χ0v) is 15.6. The van der Waals surface area contributed by atoms with Crippen LogP contribution in [0.1, 0.15) is 53.4 Å². The zero-order chi connectivity index (χ0) is 12.4. The number of rotatable bonds is 10. The molecular formula is C14H32InN. The van der Waals surface area contributed by atoms with Gasteiger partial charge >= 0.3 is 112 Å². The third kappa shape index (κ3) is 8.92. The molecule has 0 atom stereocenters. The summed E-state index contributed by atoms with van der Waals surface area (Å²) in [5.74, 6) is 0. The molecule has 0 amide bonds. The van der Waals surface area contributed by atoms with Gasteiger partial charge in [0.1, 0.15) is 0 Å². The summed E-state index contributed by atoms with van der Waals surface area (Å²) < 4.78 is 4.96. The Bertz CT molecular complexity index is 142. The molecule has 2 heteroatoms. The standard InChI is InChI=1S/C8H18N.2C3H7.In/c1-5-6-7-9(4)8(2)3;2*1-3-2;/h8H,1,5-7H2,2-4H3;2*1,3H2,2H3;. The molecule has 0 fully saturated rings. The first-order chi connectivity index (χ1) is 7.61. The fourth-order valence-electron chi connectivity index (χ4n) is 2.30. The van der Waals surface area contributed by atoms with E-state index in [4.69, 9.17) is 0 Å². The Kier molecular flexibility index (Phi) is 11.5. The van der Waals surface area contributed by atoms with E-state index < -0.39 is 21.4 Å². The normalized spacial score (nSPS) is 11.4. The van der Waals surface area contributed by atoms with Crippen molar-refractivity contribution < 1.29 is 0 Å². The summed E-state index contributed by atoms with van der Waals surface area (Å²) in [7, 11) is 2.25. The second-order valence-corrected chi connectivity index (χ2v) is 15.4. The van der Waals surface area contributed by atoms with Crippen LogP contribution in [0.15, 0.2) is 0 Å². The van der Waals surface area contributed by atoms with Gasteiger partial charge in [0.25, 0.3) is 0 Å². The third-order valence-electron chi connectivity index (χ3n) is 3.65. The predicted octanol–water partition coefficient (Wildman–Crippen LogP) is 4.42. The van der Waals surface area contributed by atoms with E-state index in [0.29, 0.717) is 6.04 Å². The van der Waals surface area contributed by atoms with Crippen molar-refractivity contribution in [2.24, 2.45) is 0 Å². The van der Waals surface area contributed by atoms with Crippen molar-refractivity contribution in [2.45, 2.75) is 72.0 Å². The summed E-state index contributed by atoms with van der Waals surface area (Å²) in [5.41, 5.74) is 0. The first-order valence-electron chi connectivity index (χ1n) is 7.32. The van der Waals surface area contributed by atoms with Crippen LogP contribution in [0, 0.1) is 0 Å². The van der Waals surface area contributed by atoms with Crippen LogP contribution in [0.4, 0.5) is 0 Å². The minimum atomic E-state index is -1.03. The number of unbranched alkanes of at least 4 members (excludes halogenated alkanes) is 1. The fraction of sp³-hybridized carbons (Fsp3) is 1.00. The Morgan fingerprint density at radius 2 is 1.50 bits per heavy atom. The topological polar surface area (TPSA) is 3.24 Å². The van der Waals surface area contributed by atoms with E-state index in [-0.39, 0.29) is 0 Å². The van der Waals surface area contributed by atoms with Crippen LogP contribution in [0.5, 0.6) is 0 Å². The van der Waals surface area contributed by atoms with Crippen LogP contribution in [-0.2, 0) is 0 Å². The van der Waals surface area contributed by atoms with Gasteiger partial charge in [-0.1, -0.05) is 0 Å². The monoisotopic (exact) mass is 329 g/mol. The maximum absolute atomic E-state index is 2.48. The zero-order valence-electron chi connectivity index (χ0n) is 12.3. The first-order valence-corrected chi connectivity index (χ1v) is 14.3. The Morgan fingerprint density at radius 1 is 0.938 bits per heavy atom. The van der Waals surface area contributed by atoms with Crippen molar-refractivity contribution in [2.75, 3.05) is 13.6 Å². The Hall–Kier alpha value is 0.830. The number of hydrogen-bond donors (Lipinski definition) is 0. The van der Waals surface area contributed by atoms with Crippen molar-refractivity contribution in [1.82, 2.24) is 4.90 Å². The minimum absolute atomic E-state index is 0.714. The molecule has 0 radical (unpaired) electrons. The van der Waals surface area contributed by atoms with Gasteiger partial charge in [0.05, 0.1) is 0 Å². The van der Waals surface area contributed by atoms with E-state index in [2.05, 4.69) is 39.6 Å². The van der Waals surface area contributed by atoms with Crippen LogP contribution in [0.25, 0.3) is 0 Å². The predicted molar refractivity (Wildman–Crippen MR) is 77.8 cm³/mol. The van der Waals surface area contributed by atoms with Gasteiger partial charge in [-0.15, -0.1) is 0 Å². The molecule has 0 N–H and O–H groups in total. The molecule has 0 rings (SSSR count). The van der Waals surface area contributed by atoms with Crippen molar-refractivity contribution >= 4 is 21.4 Å². The molecule has 0 bridgehead atoms. The molecule has 0 aliphatic carbocycles. The van der Waals surface area contributed by atoms with Crippen LogP contribution in [0.3, 0.4) is 0 Å². The number of nitrogens with zero attached hydrogens (tertiary/aromatic N) is 1. The van der Waals surface area contributed by atoms with E-state index in [1.807, 2.05) is 0 Å². The maximum atomic E-state index is 2.48. The molecule has 0 aliphatic heterocycles. The molecule has 0 saturated heterocycles. The summed E-state index contributed by atoms with van der Waals surface area (Å²) in [6.45, 7) is 10.6. The van der Waals surface area contributed by atoms with Crippen molar-refractivity contribution in [1.29, 1.82) is 0 Å². The average Bonchev–Trinajstić information content (AvgIpc) is 2.24. The summed E-state index contributed by atoms with van der Waals surface area (Å²) in [6.07, 6.45) is 5.84. The molecule has 0 unspecified atom stereocenters. The quantitative estimate of drug-likeness (QED) is 0.536. The van der Waals surface area contributed by atoms with Gasteiger partial charge in [0.15, 0.2) is 0 Å². The molecule has 0 aliphatic rings. The molecule has 96 valence electrons. The molecule has 0 heterocycles. The van der Waals surface area contributed by atoms with Crippen molar-refractivity contribution in [3.05, 3.63) is 0 Å². The van der Waals surface area contributed by atoms with Crippen LogP contribution < -0.4 is 0 Å². The SMILES string of the molecule is CC[CH2][In]([CH2]CC)[CH2]CCCN(C)C(C)C. The summed E-state index contributed by atoms with van der Waals surface area (Å²) in [5, 5.41) is 0. The molecule has 16 heavy (non-hydrogen) atoms. The van der Waals surface area contributed by atoms with Gasteiger partial charge in [0, 0.05) is 0 Å². The van der Waals surface area contributed by atoms with Gasteiger partial charge in [-0.3, -0.25) is 0 Å². The molecule has 1 nitrogen and oxygen atoms in total. The Labute approximate surface area is 112 Å². The Morgan fingerprint density at radius 3 is 1.94 bits per heavy atom. The molecule has 0 aromatic carbocycles. The first kappa shape index (κ1) is 16.8. The average molecular weight is 329 g/mol. The molecule has 0 aromatic heterocycles. The van der Waals surface area contributed by atoms with Crippen LogP contribution >= 0.6 is 0 Å². The summed E-state index contributed by atoms with van der Waals surface area (Å²) >= 11 is -1.03. The molecule has 0 spiro atoms. The van der Waals surface area contributed by atoms with Crippen LogP contribution in [0.2, 0.25) is 12.5 Å². The Balaban J connectivity index is 3.53. The van der Waals surface area contributed by atoms with Crippen LogP contribution in [-0.4, -0.2) is 46.0 Å². The van der Waals surface area contributed by atoms with Gasteiger partial charge in [-0.2, -0.15) is 0 Å². The fourth-order valence-corrected chi connectivity index (χ4v) is 11.9. The van der Waals surface area contributed by atoms with E-state index in [9.17, 15) is 0 Å². The second kappa shape index (κ2) is 11.0. The van der Waals surface area contributed by atoms with Crippen molar-refractivity contribution in [3.8, 4) is 0 Å². The van der Waals surface area contributed by atoms with E-state index in [1.54, 1.807) is 12.5 Å². The molecular weight excluding hydrogens is 297 g/mol. The third-order valence-corrected chi connectivity index (χ3v) is 15.1. The molecule has 0 aromatic rings. The van der Waals surface area contributed by atoms with Gasteiger partial charge in [0.2, 0.25) is 0 Å². The van der Waals surface area contributed by atoms with E-state index in [0.717, 1.165) is 0 Å². The van der Waals surface area contributed by atoms with E-state index in [1.165, 1.54) is 32.2 Å². The van der Waals surface area contributed by atoms with Gasteiger partial charge < -0.3 is 0 Å². The number of hydrogen-bond acceptors (Lipinski definition) is 1. The van der Waals surface area contributed by atoms with E-state index >= 15 is 0 Å².